The van der Waals surface area contributed by atoms with Crippen molar-refractivity contribution in [1.82, 2.24) is 10.2 Å². The zero-order chi connectivity index (χ0) is 25.9. The second-order valence-electron chi connectivity index (χ2n) is 9.47. The topological polar surface area (TPSA) is 49.4 Å². The number of aryl methyl sites for hydroxylation is 1. The van der Waals surface area contributed by atoms with Crippen molar-refractivity contribution < 1.29 is 9.59 Å². The molecule has 1 atom stereocenters. The largest absolute Gasteiger partial charge is 0.354 e. The van der Waals surface area contributed by atoms with Crippen LogP contribution < -0.4 is 5.32 Å². The van der Waals surface area contributed by atoms with Crippen LogP contribution in [0, 0.1) is 12.8 Å². The molecule has 0 aliphatic rings. The van der Waals surface area contributed by atoms with Gasteiger partial charge >= 0.3 is 0 Å². The molecule has 3 aromatic carbocycles. The molecule has 3 aromatic rings. The van der Waals surface area contributed by atoms with Crippen LogP contribution in [0.2, 0.25) is 5.02 Å². The number of amides is 2. The summed E-state index contributed by atoms with van der Waals surface area (Å²) in [6.45, 7) is 7.06. The Labute approximate surface area is 224 Å². The number of nitrogens with one attached hydrogen (secondary N) is 1. The molecule has 0 aliphatic heterocycles. The van der Waals surface area contributed by atoms with Crippen LogP contribution in [0.4, 0.5) is 0 Å². The molecule has 0 aliphatic carbocycles. The van der Waals surface area contributed by atoms with Crippen LogP contribution in [-0.4, -0.2) is 35.1 Å². The van der Waals surface area contributed by atoms with Crippen molar-refractivity contribution in [2.24, 2.45) is 5.92 Å². The van der Waals surface area contributed by atoms with E-state index in [1.807, 2.05) is 54.6 Å². The summed E-state index contributed by atoms with van der Waals surface area (Å²) in [6, 6.07) is 25.1. The minimum atomic E-state index is -0.627. The molecule has 0 saturated heterocycles. The fraction of sp³-hybridized carbons (Fsp3) is 0.333. The van der Waals surface area contributed by atoms with Crippen LogP contribution >= 0.6 is 23.4 Å². The molecular weight excluding hydrogens is 488 g/mol. The van der Waals surface area contributed by atoms with Crippen molar-refractivity contribution in [3.63, 3.8) is 0 Å². The summed E-state index contributed by atoms with van der Waals surface area (Å²) in [6.07, 6.45) is 0.444. The lowest BCUT2D eigenvalue weighted by atomic mass is 10.0. The van der Waals surface area contributed by atoms with E-state index in [0.29, 0.717) is 30.5 Å². The van der Waals surface area contributed by atoms with Gasteiger partial charge in [0.2, 0.25) is 11.8 Å². The van der Waals surface area contributed by atoms with Gasteiger partial charge in [0.15, 0.2) is 0 Å². The van der Waals surface area contributed by atoms with Crippen molar-refractivity contribution in [1.29, 1.82) is 0 Å². The minimum Gasteiger partial charge on any atom is -0.354 e. The third kappa shape index (κ3) is 9.03. The van der Waals surface area contributed by atoms with Crippen molar-refractivity contribution in [2.75, 3.05) is 12.3 Å². The summed E-state index contributed by atoms with van der Waals surface area (Å²) < 4.78 is 0. The standard InChI is InChI=1S/C30H35ClN2O2S/c1-22(2)18-32-30(35)28(17-24-8-5-4-6-9-24)33(19-26-10-7-11-27(31)16-26)29(34)21-36-20-25-14-12-23(3)13-15-25/h4-16,22,28H,17-21H2,1-3H3,(H,32,35)/t28-/m0/s1. The highest BCUT2D eigenvalue weighted by atomic mass is 35.5. The molecule has 0 bridgehead atoms. The molecule has 0 radical (unpaired) electrons. The lowest BCUT2D eigenvalue weighted by Crippen LogP contribution is -2.51. The van der Waals surface area contributed by atoms with Crippen LogP contribution in [0.3, 0.4) is 0 Å². The van der Waals surface area contributed by atoms with Crippen LogP contribution in [0.5, 0.6) is 0 Å². The van der Waals surface area contributed by atoms with Crippen LogP contribution in [0.15, 0.2) is 78.9 Å². The van der Waals surface area contributed by atoms with Gasteiger partial charge in [0.1, 0.15) is 6.04 Å². The number of hydrogen-bond acceptors (Lipinski definition) is 3. The summed E-state index contributed by atoms with van der Waals surface area (Å²) in [5, 5.41) is 3.67. The first-order valence-electron chi connectivity index (χ1n) is 12.3. The van der Waals surface area contributed by atoms with E-state index in [9.17, 15) is 9.59 Å². The molecule has 6 heteroatoms. The highest BCUT2D eigenvalue weighted by molar-refractivity contribution is 7.99. The summed E-state index contributed by atoms with van der Waals surface area (Å²) in [5.74, 6) is 1.14. The molecule has 0 heterocycles. The first kappa shape index (κ1) is 27.8. The number of carbonyl (C=O) groups excluding carboxylic acids is 2. The second kappa shape index (κ2) is 14.1. The molecule has 1 N–H and O–H groups in total. The van der Waals surface area contributed by atoms with E-state index in [0.717, 1.165) is 16.9 Å². The number of thioether (sulfide) groups is 1. The third-order valence-corrected chi connectivity index (χ3v) is 7.04. The zero-order valence-corrected chi connectivity index (χ0v) is 22.8. The molecule has 0 fully saturated rings. The summed E-state index contributed by atoms with van der Waals surface area (Å²) in [5.41, 5.74) is 4.30. The number of halogens is 1. The van der Waals surface area contributed by atoms with Gasteiger partial charge < -0.3 is 10.2 Å². The number of hydrogen-bond donors (Lipinski definition) is 1. The Morgan fingerprint density at radius 2 is 1.61 bits per heavy atom. The Balaban J connectivity index is 1.83. The molecule has 3 rings (SSSR count). The summed E-state index contributed by atoms with van der Waals surface area (Å²) in [7, 11) is 0. The fourth-order valence-corrected chi connectivity index (χ4v) is 4.92. The van der Waals surface area contributed by atoms with Crippen molar-refractivity contribution >= 4 is 35.2 Å². The molecule has 0 aromatic heterocycles. The number of benzene rings is 3. The Bertz CT molecular complexity index is 1120. The predicted octanol–water partition coefficient (Wildman–Crippen LogP) is 6.29. The first-order chi connectivity index (χ1) is 17.3. The highest BCUT2D eigenvalue weighted by Crippen LogP contribution is 2.20. The minimum absolute atomic E-state index is 0.0623. The van der Waals surface area contributed by atoms with E-state index < -0.39 is 6.04 Å². The quantitative estimate of drug-likeness (QED) is 0.304. The summed E-state index contributed by atoms with van der Waals surface area (Å²) in [4.78, 5) is 28.8. The van der Waals surface area contributed by atoms with Gasteiger partial charge in [0, 0.05) is 30.3 Å². The first-order valence-corrected chi connectivity index (χ1v) is 13.8. The Morgan fingerprint density at radius 3 is 2.28 bits per heavy atom. The average molecular weight is 523 g/mol. The van der Waals surface area contributed by atoms with E-state index in [1.165, 1.54) is 11.1 Å². The maximum absolute atomic E-state index is 13.6. The Kier molecular flexibility index (Phi) is 10.9. The molecule has 36 heavy (non-hydrogen) atoms. The van der Waals surface area contributed by atoms with Gasteiger partial charge in [-0.1, -0.05) is 97.7 Å². The highest BCUT2D eigenvalue weighted by Gasteiger charge is 2.30. The lowest BCUT2D eigenvalue weighted by Gasteiger charge is -2.32. The van der Waals surface area contributed by atoms with Gasteiger partial charge in [0.05, 0.1) is 5.75 Å². The SMILES string of the molecule is Cc1ccc(CSCC(=O)N(Cc2cccc(Cl)c2)[C@@H](Cc2ccccc2)C(=O)NCC(C)C)cc1. The van der Waals surface area contributed by atoms with Gasteiger partial charge in [-0.2, -0.15) is 0 Å². The van der Waals surface area contributed by atoms with Crippen molar-refractivity contribution in [3.8, 4) is 0 Å². The zero-order valence-electron chi connectivity index (χ0n) is 21.2. The number of rotatable bonds is 12. The van der Waals surface area contributed by atoms with Crippen LogP contribution in [-0.2, 0) is 28.3 Å². The van der Waals surface area contributed by atoms with Gasteiger partial charge in [-0.05, 0) is 41.7 Å². The number of nitrogens with zero attached hydrogens (tertiary/aromatic N) is 1. The molecule has 0 saturated carbocycles. The molecule has 2 amide bonds. The smallest absolute Gasteiger partial charge is 0.243 e. The molecular formula is C30H35ClN2O2S. The van der Waals surface area contributed by atoms with Gasteiger partial charge in [-0.15, -0.1) is 11.8 Å². The van der Waals surface area contributed by atoms with Gasteiger partial charge in [-0.25, -0.2) is 0 Å². The van der Waals surface area contributed by atoms with E-state index >= 15 is 0 Å². The maximum Gasteiger partial charge on any atom is 0.243 e. The van der Waals surface area contributed by atoms with Crippen molar-refractivity contribution in [3.05, 3.63) is 106 Å². The third-order valence-electron chi connectivity index (χ3n) is 5.81. The Hall–Kier alpha value is -2.76. The fourth-order valence-electron chi connectivity index (χ4n) is 3.83. The van der Waals surface area contributed by atoms with E-state index in [2.05, 4.69) is 50.4 Å². The number of carbonyl (C=O) groups is 2. The predicted molar refractivity (Wildman–Crippen MR) is 151 cm³/mol. The summed E-state index contributed by atoms with van der Waals surface area (Å²) >= 11 is 7.81. The van der Waals surface area contributed by atoms with Crippen LogP contribution in [0.25, 0.3) is 0 Å². The van der Waals surface area contributed by atoms with Gasteiger partial charge in [0.25, 0.3) is 0 Å². The van der Waals surface area contributed by atoms with E-state index in [-0.39, 0.29) is 17.6 Å². The van der Waals surface area contributed by atoms with Crippen LogP contribution in [0.1, 0.15) is 36.1 Å². The lowest BCUT2D eigenvalue weighted by molar-refractivity contribution is -0.139. The molecule has 0 spiro atoms. The van der Waals surface area contributed by atoms with E-state index in [1.54, 1.807) is 16.7 Å². The average Bonchev–Trinajstić information content (AvgIpc) is 2.86. The maximum atomic E-state index is 13.6. The Morgan fingerprint density at radius 1 is 0.917 bits per heavy atom. The molecule has 0 unspecified atom stereocenters. The van der Waals surface area contributed by atoms with E-state index in [4.69, 9.17) is 11.6 Å². The van der Waals surface area contributed by atoms with Crippen molar-refractivity contribution in [2.45, 2.75) is 45.5 Å². The molecule has 4 nitrogen and oxygen atoms in total. The normalized spacial score (nSPS) is 11.8. The second-order valence-corrected chi connectivity index (χ2v) is 10.9. The monoisotopic (exact) mass is 522 g/mol. The van der Waals surface area contributed by atoms with Gasteiger partial charge in [-0.3, -0.25) is 9.59 Å². The molecule has 190 valence electrons.